The first-order chi connectivity index (χ1) is 17.3. The summed E-state index contributed by atoms with van der Waals surface area (Å²) in [7, 11) is 0. The standard InChI is InChI=1S/C28H33N5OS/c34-27(31-14-5-6-15-31)13-7-8-22-20-33(25-11-3-1-9-23(22)25)21-30-16-18-32(19-17-30)28-24-10-2-4-12-26(24)35-29-28/h1-4,9-12,20H,5-8,13-19,21H2. The predicted octanol–water partition coefficient (Wildman–Crippen LogP) is 4.98. The number of aromatic nitrogens is 2. The molecule has 6 rings (SSSR count). The highest BCUT2D eigenvalue weighted by Gasteiger charge is 2.22. The molecule has 2 aromatic heterocycles. The lowest BCUT2D eigenvalue weighted by Crippen LogP contribution is -2.46. The molecule has 0 bridgehead atoms. The number of anilines is 1. The number of para-hydroxylation sites is 1. The van der Waals surface area contributed by atoms with Gasteiger partial charge in [0.25, 0.3) is 0 Å². The van der Waals surface area contributed by atoms with E-state index >= 15 is 0 Å². The number of aryl methyl sites for hydroxylation is 1. The van der Waals surface area contributed by atoms with E-state index < -0.39 is 0 Å². The van der Waals surface area contributed by atoms with Crippen molar-refractivity contribution in [3.63, 3.8) is 0 Å². The maximum atomic E-state index is 12.5. The van der Waals surface area contributed by atoms with Gasteiger partial charge in [0.2, 0.25) is 5.91 Å². The van der Waals surface area contributed by atoms with Crippen molar-refractivity contribution in [2.75, 3.05) is 44.2 Å². The number of piperazine rings is 1. The summed E-state index contributed by atoms with van der Waals surface area (Å²) >= 11 is 1.60. The van der Waals surface area contributed by atoms with Gasteiger partial charge in [-0.2, -0.15) is 4.37 Å². The van der Waals surface area contributed by atoms with Crippen molar-refractivity contribution in [1.82, 2.24) is 18.7 Å². The summed E-state index contributed by atoms with van der Waals surface area (Å²) in [5.74, 6) is 1.47. The highest BCUT2D eigenvalue weighted by Crippen LogP contribution is 2.30. The van der Waals surface area contributed by atoms with Crippen molar-refractivity contribution in [1.29, 1.82) is 0 Å². The highest BCUT2D eigenvalue weighted by molar-refractivity contribution is 7.13. The van der Waals surface area contributed by atoms with Crippen molar-refractivity contribution in [2.45, 2.75) is 38.8 Å². The van der Waals surface area contributed by atoms with Crippen LogP contribution in [0.15, 0.2) is 54.7 Å². The van der Waals surface area contributed by atoms with Crippen molar-refractivity contribution < 1.29 is 4.79 Å². The largest absolute Gasteiger partial charge is 0.353 e. The molecule has 0 atom stereocenters. The van der Waals surface area contributed by atoms with Crippen LogP contribution in [0.2, 0.25) is 0 Å². The van der Waals surface area contributed by atoms with Crippen LogP contribution in [-0.2, 0) is 17.9 Å². The second-order valence-electron chi connectivity index (χ2n) is 9.83. The van der Waals surface area contributed by atoms with Crippen LogP contribution in [0.3, 0.4) is 0 Å². The predicted molar refractivity (Wildman–Crippen MR) is 144 cm³/mol. The molecule has 7 heteroatoms. The lowest BCUT2D eigenvalue weighted by molar-refractivity contribution is -0.130. The molecule has 0 N–H and O–H groups in total. The fourth-order valence-corrected chi connectivity index (χ4v) is 6.41. The molecule has 2 fully saturated rings. The van der Waals surface area contributed by atoms with Crippen LogP contribution in [0.4, 0.5) is 5.82 Å². The number of carbonyl (C=O) groups excluding carboxylic acids is 1. The summed E-state index contributed by atoms with van der Waals surface area (Å²) in [6.07, 6.45) is 7.18. The Morgan fingerprint density at radius 3 is 2.46 bits per heavy atom. The lowest BCUT2D eigenvalue weighted by Gasteiger charge is -2.35. The van der Waals surface area contributed by atoms with E-state index in [1.54, 1.807) is 11.5 Å². The van der Waals surface area contributed by atoms with E-state index in [4.69, 9.17) is 4.37 Å². The Bertz CT molecular complexity index is 1310. The first-order valence-corrected chi connectivity index (χ1v) is 13.7. The average molecular weight is 488 g/mol. The first-order valence-electron chi connectivity index (χ1n) is 12.9. The van der Waals surface area contributed by atoms with Gasteiger partial charge >= 0.3 is 0 Å². The summed E-state index contributed by atoms with van der Waals surface area (Å²) in [6, 6.07) is 17.3. The molecule has 35 heavy (non-hydrogen) atoms. The van der Waals surface area contributed by atoms with E-state index in [-0.39, 0.29) is 0 Å². The minimum atomic E-state index is 0.331. The topological polar surface area (TPSA) is 44.6 Å². The van der Waals surface area contributed by atoms with Crippen molar-refractivity contribution in [2.24, 2.45) is 0 Å². The van der Waals surface area contributed by atoms with Gasteiger partial charge in [-0.05, 0) is 61.0 Å². The molecule has 182 valence electrons. The van der Waals surface area contributed by atoms with E-state index in [1.165, 1.54) is 26.6 Å². The van der Waals surface area contributed by atoms with E-state index in [0.29, 0.717) is 12.3 Å². The Kier molecular flexibility index (Phi) is 6.44. The Morgan fingerprint density at radius 2 is 1.63 bits per heavy atom. The number of rotatable bonds is 7. The number of amides is 1. The summed E-state index contributed by atoms with van der Waals surface area (Å²) in [4.78, 5) is 19.5. The van der Waals surface area contributed by atoms with Gasteiger partial charge < -0.3 is 14.4 Å². The molecule has 2 aliphatic heterocycles. The van der Waals surface area contributed by atoms with E-state index in [9.17, 15) is 4.79 Å². The Morgan fingerprint density at radius 1 is 0.886 bits per heavy atom. The SMILES string of the molecule is O=C(CCCc1cn(CN2CCN(c3nsc4ccccc34)CC2)c2ccccc12)N1CCCC1. The van der Waals surface area contributed by atoms with E-state index in [1.807, 2.05) is 4.90 Å². The maximum absolute atomic E-state index is 12.5. The van der Waals surface area contributed by atoms with Gasteiger partial charge in [0.15, 0.2) is 0 Å². The Labute approximate surface area is 210 Å². The zero-order valence-electron chi connectivity index (χ0n) is 20.2. The smallest absolute Gasteiger partial charge is 0.222 e. The number of fused-ring (bicyclic) bond motifs is 2. The summed E-state index contributed by atoms with van der Waals surface area (Å²) in [5, 5.41) is 2.60. The quantitative estimate of drug-likeness (QED) is 0.369. The first kappa shape index (κ1) is 22.6. The fourth-order valence-electron chi connectivity index (χ4n) is 5.61. The summed E-state index contributed by atoms with van der Waals surface area (Å²) in [6.45, 7) is 6.85. The molecule has 4 aromatic rings. The third kappa shape index (κ3) is 4.67. The molecule has 0 aliphatic carbocycles. The molecular weight excluding hydrogens is 454 g/mol. The highest BCUT2D eigenvalue weighted by atomic mass is 32.1. The minimum Gasteiger partial charge on any atom is -0.353 e. The van der Waals surface area contributed by atoms with Crippen LogP contribution in [0.1, 0.15) is 31.2 Å². The van der Waals surface area contributed by atoms with Gasteiger partial charge in [-0.1, -0.05) is 30.3 Å². The normalized spacial score (nSPS) is 17.1. The van der Waals surface area contributed by atoms with Crippen LogP contribution in [0.25, 0.3) is 21.0 Å². The van der Waals surface area contributed by atoms with E-state index in [2.05, 4.69) is 69.1 Å². The maximum Gasteiger partial charge on any atom is 0.222 e. The second kappa shape index (κ2) is 9.99. The number of hydrogen-bond donors (Lipinski definition) is 0. The van der Waals surface area contributed by atoms with Crippen molar-refractivity contribution in [3.05, 3.63) is 60.3 Å². The molecule has 1 amide bonds. The molecule has 6 nitrogen and oxygen atoms in total. The van der Waals surface area contributed by atoms with Gasteiger partial charge in [-0.15, -0.1) is 0 Å². The molecular formula is C28H33N5OS. The number of nitrogens with zero attached hydrogens (tertiary/aromatic N) is 5. The molecule has 2 aliphatic rings. The average Bonchev–Trinajstić information content (AvgIpc) is 3.65. The number of likely N-dealkylation sites (tertiary alicyclic amines) is 1. The Hall–Kier alpha value is -2.90. The molecule has 4 heterocycles. The number of benzene rings is 2. The molecule has 2 saturated heterocycles. The van der Waals surface area contributed by atoms with Gasteiger partial charge in [0.1, 0.15) is 5.82 Å². The van der Waals surface area contributed by atoms with Crippen LogP contribution in [0, 0.1) is 0 Å². The van der Waals surface area contributed by atoms with Crippen LogP contribution >= 0.6 is 11.5 Å². The van der Waals surface area contributed by atoms with Crippen LogP contribution in [0.5, 0.6) is 0 Å². The molecule has 0 saturated carbocycles. The van der Waals surface area contributed by atoms with Crippen LogP contribution in [-0.4, -0.2) is 63.9 Å². The third-order valence-electron chi connectivity index (χ3n) is 7.55. The Balaban J connectivity index is 1.09. The number of carbonyl (C=O) groups is 1. The van der Waals surface area contributed by atoms with Gasteiger partial charge in [-0.3, -0.25) is 9.69 Å². The van der Waals surface area contributed by atoms with Gasteiger partial charge in [0, 0.05) is 68.2 Å². The van der Waals surface area contributed by atoms with Crippen molar-refractivity contribution >= 4 is 44.2 Å². The molecule has 0 unspecified atom stereocenters. The van der Waals surface area contributed by atoms with Crippen LogP contribution < -0.4 is 4.90 Å². The summed E-state index contributed by atoms with van der Waals surface area (Å²) in [5.41, 5.74) is 2.66. The molecule has 0 spiro atoms. The molecule has 2 aromatic carbocycles. The van der Waals surface area contributed by atoms with Crippen molar-refractivity contribution in [3.8, 4) is 0 Å². The lowest BCUT2D eigenvalue weighted by atomic mass is 10.1. The minimum absolute atomic E-state index is 0.331. The second-order valence-corrected chi connectivity index (χ2v) is 10.6. The summed E-state index contributed by atoms with van der Waals surface area (Å²) < 4.78 is 8.42. The zero-order valence-corrected chi connectivity index (χ0v) is 21.1. The zero-order chi connectivity index (χ0) is 23.6. The van der Waals surface area contributed by atoms with Gasteiger partial charge in [0.05, 0.1) is 11.4 Å². The fraction of sp³-hybridized carbons (Fsp3) is 0.429. The third-order valence-corrected chi connectivity index (χ3v) is 8.37. The molecule has 0 radical (unpaired) electrons. The van der Waals surface area contributed by atoms with E-state index in [0.717, 1.165) is 77.4 Å². The number of hydrogen-bond acceptors (Lipinski definition) is 5. The van der Waals surface area contributed by atoms with Gasteiger partial charge in [-0.25, -0.2) is 0 Å². The monoisotopic (exact) mass is 487 g/mol.